The fourth-order valence-corrected chi connectivity index (χ4v) is 4.49. The molecule has 0 aliphatic heterocycles. The summed E-state index contributed by atoms with van der Waals surface area (Å²) in [5.41, 5.74) is 4.87. The second-order valence-corrected chi connectivity index (χ2v) is 8.97. The molecule has 0 radical (unpaired) electrons. The molecule has 0 spiro atoms. The molecule has 0 unspecified atom stereocenters. The summed E-state index contributed by atoms with van der Waals surface area (Å²) in [6.07, 6.45) is -1.81. The Balaban J connectivity index is 1.21. The molecule has 188 valence electrons. The number of hydrazine groups is 1. The summed E-state index contributed by atoms with van der Waals surface area (Å²) in [6.45, 7) is 0.381. The first-order valence-electron chi connectivity index (χ1n) is 11.8. The monoisotopic (exact) mass is 497 g/mol. The minimum atomic E-state index is -4.45. The minimum absolute atomic E-state index is 0.165. The van der Waals surface area contributed by atoms with Gasteiger partial charge in [0.15, 0.2) is 0 Å². The molecular weight excluding hydrogens is 471 g/mol. The molecule has 1 saturated carbocycles. The van der Waals surface area contributed by atoms with E-state index in [0.29, 0.717) is 37.8 Å². The van der Waals surface area contributed by atoms with Gasteiger partial charge in [0.2, 0.25) is 5.91 Å². The summed E-state index contributed by atoms with van der Waals surface area (Å²) < 4.78 is 38.0. The highest BCUT2D eigenvalue weighted by molar-refractivity contribution is 6.07. The van der Waals surface area contributed by atoms with Crippen LogP contribution in [0.4, 0.5) is 13.2 Å². The van der Waals surface area contributed by atoms with Gasteiger partial charge in [-0.1, -0.05) is 36.4 Å². The van der Waals surface area contributed by atoms with Gasteiger partial charge >= 0.3 is 6.18 Å². The standard InChI is InChI=1S/C27H26F3N3O3/c28-27(29,30)21-14-12-19(13-15-21)24(34)31-16-17-8-10-20(11-9-17)25(35)32-33-26(36)23-7-3-5-18-4-1-2-6-22(18)23/h1-7,12-15,17,20H,8-11,16H2,(H,31,34)(H,32,35)(H,33,36). The van der Waals surface area contributed by atoms with Gasteiger partial charge in [-0.3, -0.25) is 25.2 Å². The lowest BCUT2D eigenvalue weighted by molar-refractivity contribution is -0.137. The number of nitrogens with one attached hydrogen (secondary N) is 3. The molecule has 0 heterocycles. The van der Waals surface area contributed by atoms with Crippen LogP contribution in [0.5, 0.6) is 0 Å². The zero-order valence-electron chi connectivity index (χ0n) is 19.4. The van der Waals surface area contributed by atoms with Gasteiger partial charge in [-0.25, -0.2) is 0 Å². The van der Waals surface area contributed by atoms with Crippen LogP contribution in [0.2, 0.25) is 0 Å². The number of carbonyl (C=O) groups excluding carboxylic acids is 3. The predicted molar refractivity (Wildman–Crippen MR) is 129 cm³/mol. The van der Waals surface area contributed by atoms with Crippen LogP contribution < -0.4 is 16.2 Å². The van der Waals surface area contributed by atoms with Gasteiger partial charge in [-0.05, 0) is 72.7 Å². The number of carbonyl (C=O) groups is 3. The Kier molecular flexibility index (Phi) is 7.57. The van der Waals surface area contributed by atoms with Crippen molar-refractivity contribution in [3.05, 3.63) is 83.4 Å². The first-order chi connectivity index (χ1) is 17.2. The highest BCUT2D eigenvalue weighted by atomic mass is 19.4. The van der Waals surface area contributed by atoms with Crippen molar-refractivity contribution in [2.45, 2.75) is 31.9 Å². The molecular formula is C27H26F3N3O3. The summed E-state index contributed by atoms with van der Waals surface area (Å²) in [6, 6.07) is 17.0. The van der Waals surface area contributed by atoms with Crippen molar-refractivity contribution in [2.75, 3.05) is 6.54 Å². The number of amides is 3. The Morgan fingerprint density at radius 2 is 1.44 bits per heavy atom. The Hall–Kier alpha value is -3.88. The molecule has 1 fully saturated rings. The summed E-state index contributed by atoms with van der Waals surface area (Å²) in [7, 11) is 0. The van der Waals surface area contributed by atoms with Crippen LogP contribution in [0, 0.1) is 11.8 Å². The van der Waals surface area contributed by atoms with E-state index in [9.17, 15) is 27.6 Å². The molecule has 0 saturated heterocycles. The first-order valence-corrected chi connectivity index (χ1v) is 11.8. The van der Waals surface area contributed by atoms with Gasteiger partial charge in [-0.2, -0.15) is 13.2 Å². The molecule has 6 nitrogen and oxygen atoms in total. The van der Waals surface area contributed by atoms with Crippen LogP contribution in [0.15, 0.2) is 66.7 Å². The quantitative estimate of drug-likeness (QED) is 0.440. The van der Waals surface area contributed by atoms with Crippen LogP contribution in [-0.4, -0.2) is 24.3 Å². The third-order valence-corrected chi connectivity index (χ3v) is 6.58. The number of halogens is 3. The highest BCUT2D eigenvalue weighted by Crippen LogP contribution is 2.30. The second-order valence-electron chi connectivity index (χ2n) is 8.97. The Bertz CT molecular complexity index is 1250. The zero-order chi connectivity index (χ0) is 25.7. The number of hydrogen-bond donors (Lipinski definition) is 3. The summed E-state index contributed by atoms with van der Waals surface area (Å²) in [5.74, 6) is -1.16. The predicted octanol–water partition coefficient (Wildman–Crippen LogP) is 4.86. The van der Waals surface area contributed by atoms with E-state index in [1.54, 1.807) is 12.1 Å². The number of rotatable bonds is 5. The first kappa shape index (κ1) is 25.2. The van der Waals surface area contributed by atoms with Crippen molar-refractivity contribution in [1.82, 2.24) is 16.2 Å². The lowest BCUT2D eigenvalue weighted by Gasteiger charge is -2.28. The smallest absolute Gasteiger partial charge is 0.352 e. The van der Waals surface area contributed by atoms with Gasteiger partial charge < -0.3 is 5.32 Å². The molecule has 3 aromatic rings. The molecule has 0 aromatic heterocycles. The van der Waals surface area contributed by atoms with E-state index in [1.807, 2.05) is 30.3 Å². The fraction of sp³-hybridized carbons (Fsp3) is 0.296. The van der Waals surface area contributed by atoms with Crippen LogP contribution >= 0.6 is 0 Å². The molecule has 4 rings (SSSR count). The van der Waals surface area contributed by atoms with Crippen LogP contribution in [0.1, 0.15) is 52.0 Å². The minimum Gasteiger partial charge on any atom is -0.352 e. The van der Waals surface area contributed by atoms with Crippen molar-refractivity contribution in [3.63, 3.8) is 0 Å². The van der Waals surface area contributed by atoms with Gasteiger partial charge in [0.05, 0.1) is 5.56 Å². The molecule has 9 heteroatoms. The van der Waals surface area contributed by atoms with Crippen molar-refractivity contribution in [3.8, 4) is 0 Å². The fourth-order valence-electron chi connectivity index (χ4n) is 4.49. The Morgan fingerprint density at radius 1 is 0.778 bits per heavy atom. The van der Waals surface area contributed by atoms with Crippen molar-refractivity contribution in [1.29, 1.82) is 0 Å². The van der Waals surface area contributed by atoms with Crippen LogP contribution in [-0.2, 0) is 11.0 Å². The lowest BCUT2D eigenvalue weighted by Crippen LogP contribution is -2.45. The molecule has 0 bridgehead atoms. The van der Waals surface area contributed by atoms with Crippen molar-refractivity contribution in [2.24, 2.45) is 11.8 Å². The SMILES string of the molecule is O=C(NCC1CCC(C(=O)NNC(=O)c2cccc3ccccc23)CC1)c1ccc(C(F)(F)F)cc1. The number of benzene rings is 3. The van der Waals surface area contributed by atoms with E-state index in [0.717, 1.165) is 35.0 Å². The maximum absolute atomic E-state index is 12.7. The number of fused-ring (bicyclic) bond motifs is 1. The molecule has 1 aliphatic rings. The van der Waals surface area contributed by atoms with Gasteiger partial charge in [0, 0.05) is 23.6 Å². The van der Waals surface area contributed by atoms with E-state index in [1.165, 1.54) is 0 Å². The maximum Gasteiger partial charge on any atom is 0.416 e. The normalized spacial score (nSPS) is 17.9. The van der Waals surface area contributed by atoms with E-state index in [2.05, 4.69) is 16.2 Å². The molecule has 36 heavy (non-hydrogen) atoms. The molecule has 0 atom stereocenters. The highest BCUT2D eigenvalue weighted by Gasteiger charge is 2.30. The van der Waals surface area contributed by atoms with Gasteiger partial charge in [0.25, 0.3) is 11.8 Å². The van der Waals surface area contributed by atoms with Crippen molar-refractivity contribution >= 4 is 28.5 Å². The third-order valence-electron chi connectivity index (χ3n) is 6.58. The number of alkyl halides is 3. The zero-order valence-corrected chi connectivity index (χ0v) is 19.4. The average Bonchev–Trinajstić information content (AvgIpc) is 2.89. The Morgan fingerprint density at radius 3 is 2.14 bits per heavy atom. The summed E-state index contributed by atoms with van der Waals surface area (Å²) in [4.78, 5) is 37.5. The topological polar surface area (TPSA) is 87.3 Å². The largest absolute Gasteiger partial charge is 0.416 e. The van der Waals surface area contributed by atoms with E-state index < -0.39 is 17.6 Å². The molecule has 1 aliphatic carbocycles. The molecule has 3 aromatic carbocycles. The summed E-state index contributed by atoms with van der Waals surface area (Å²) >= 11 is 0. The van der Waals surface area contributed by atoms with E-state index in [-0.39, 0.29) is 29.2 Å². The van der Waals surface area contributed by atoms with Crippen LogP contribution in [0.25, 0.3) is 10.8 Å². The maximum atomic E-state index is 12.7. The second kappa shape index (κ2) is 10.8. The Labute approximate surface area is 206 Å². The van der Waals surface area contributed by atoms with E-state index in [4.69, 9.17) is 0 Å². The number of hydrogen-bond acceptors (Lipinski definition) is 3. The van der Waals surface area contributed by atoms with Gasteiger partial charge in [0.1, 0.15) is 0 Å². The molecule has 3 N–H and O–H groups in total. The van der Waals surface area contributed by atoms with E-state index >= 15 is 0 Å². The lowest BCUT2D eigenvalue weighted by atomic mass is 9.81. The average molecular weight is 498 g/mol. The van der Waals surface area contributed by atoms with Crippen molar-refractivity contribution < 1.29 is 27.6 Å². The van der Waals surface area contributed by atoms with Crippen LogP contribution in [0.3, 0.4) is 0 Å². The summed E-state index contributed by atoms with van der Waals surface area (Å²) in [5, 5.41) is 4.49. The molecule has 3 amide bonds. The third kappa shape index (κ3) is 6.02. The van der Waals surface area contributed by atoms with Gasteiger partial charge in [-0.15, -0.1) is 0 Å².